The third-order valence-electron chi connectivity index (χ3n) is 3.79. The molecule has 1 aromatic heterocycles. The summed E-state index contributed by atoms with van der Waals surface area (Å²) in [6.07, 6.45) is 0.432. The first-order valence-electron chi connectivity index (χ1n) is 7.41. The van der Waals surface area contributed by atoms with E-state index < -0.39 is 0 Å². The molecule has 2 aromatic carbocycles. The largest absolute Gasteiger partial charge is 0.507 e. The Balaban J connectivity index is 2.35. The summed E-state index contributed by atoms with van der Waals surface area (Å²) in [4.78, 5) is 12.8. The van der Waals surface area contributed by atoms with Crippen LogP contribution in [-0.2, 0) is 6.42 Å². The van der Waals surface area contributed by atoms with Crippen molar-refractivity contribution in [2.45, 2.75) is 13.3 Å². The molecule has 1 heterocycles. The summed E-state index contributed by atoms with van der Waals surface area (Å²) in [5, 5.41) is 10.2. The first-order valence-corrected chi connectivity index (χ1v) is 7.41. The van der Waals surface area contributed by atoms with Crippen LogP contribution in [0, 0.1) is 5.82 Å². The van der Waals surface area contributed by atoms with Gasteiger partial charge < -0.3 is 5.11 Å². The fourth-order valence-corrected chi connectivity index (χ4v) is 2.63. The van der Waals surface area contributed by atoms with Crippen molar-refractivity contribution in [2.24, 2.45) is 0 Å². The zero-order valence-electron chi connectivity index (χ0n) is 12.7. The van der Waals surface area contributed by atoms with Gasteiger partial charge in [0.2, 0.25) is 0 Å². The second kappa shape index (κ2) is 6.08. The smallest absolute Gasteiger partial charge is 0.262 e. The Hall–Kier alpha value is -2.88. The maximum atomic E-state index is 13.2. The molecule has 0 aliphatic rings. The first-order chi connectivity index (χ1) is 11.1. The number of aromatic nitrogens is 1. The minimum atomic E-state index is -0.350. The van der Waals surface area contributed by atoms with Gasteiger partial charge in [-0.15, -0.1) is 0 Å². The summed E-state index contributed by atoms with van der Waals surface area (Å²) in [6.45, 7) is 1.82. The van der Waals surface area contributed by atoms with Crippen molar-refractivity contribution in [2.75, 3.05) is 0 Å². The number of halogens is 1. The van der Waals surface area contributed by atoms with Crippen LogP contribution in [-0.4, -0.2) is 9.67 Å². The van der Waals surface area contributed by atoms with Crippen molar-refractivity contribution in [1.29, 1.82) is 0 Å². The summed E-state index contributed by atoms with van der Waals surface area (Å²) in [6, 6.07) is 16.6. The van der Waals surface area contributed by atoms with Gasteiger partial charge in [-0.3, -0.25) is 9.36 Å². The van der Waals surface area contributed by atoms with E-state index in [-0.39, 0.29) is 17.1 Å². The molecule has 0 saturated carbocycles. The van der Waals surface area contributed by atoms with Crippen molar-refractivity contribution < 1.29 is 9.50 Å². The molecule has 3 rings (SSSR count). The number of para-hydroxylation sites is 1. The van der Waals surface area contributed by atoms with Crippen LogP contribution in [0.25, 0.3) is 16.9 Å². The van der Waals surface area contributed by atoms with E-state index >= 15 is 0 Å². The van der Waals surface area contributed by atoms with Crippen LogP contribution >= 0.6 is 0 Å². The van der Waals surface area contributed by atoms with Crippen molar-refractivity contribution in [3.63, 3.8) is 0 Å². The summed E-state index contributed by atoms with van der Waals surface area (Å²) in [7, 11) is 0. The highest BCUT2D eigenvalue weighted by Crippen LogP contribution is 2.27. The molecule has 23 heavy (non-hydrogen) atoms. The van der Waals surface area contributed by atoms with Crippen LogP contribution in [0.4, 0.5) is 4.39 Å². The maximum absolute atomic E-state index is 13.2. The van der Waals surface area contributed by atoms with Crippen LogP contribution in [0.2, 0.25) is 0 Å². The highest BCUT2D eigenvalue weighted by molar-refractivity contribution is 5.65. The number of pyridine rings is 1. The number of hydrogen-bond donors (Lipinski definition) is 1. The fourth-order valence-electron chi connectivity index (χ4n) is 2.63. The lowest BCUT2D eigenvalue weighted by Crippen LogP contribution is -2.23. The van der Waals surface area contributed by atoms with Gasteiger partial charge in [-0.1, -0.05) is 25.1 Å². The third-order valence-corrected chi connectivity index (χ3v) is 3.79. The van der Waals surface area contributed by atoms with E-state index in [2.05, 4.69) is 0 Å². The molecule has 4 heteroatoms. The zero-order valence-corrected chi connectivity index (χ0v) is 12.7. The van der Waals surface area contributed by atoms with Crippen LogP contribution in [0.15, 0.2) is 65.5 Å². The monoisotopic (exact) mass is 309 g/mol. The van der Waals surface area contributed by atoms with Gasteiger partial charge >= 0.3 is 0 Å². The highest BCUT2D eigenvalue weighted by atomic mass is 19.1. The topological polar surface area (TPSA) is 42.2 Å². The number of nitrogens with zero attached hydrogens (tertiary/aromatic N) is 1. The molecule has 0 radical (unpaired) electrons. The van der Waals surface area contributed by atoms with Gasteiger partial charge in [0.05, 0.1) is 11.3 Å². The van der Waals surface area contributed by atoms with Gasteiger partial charge in [-0.25, -0.2) is 4.39 Å². The number of rotatable bonds is 3. The third kappa shape index (κ3) is 2.75. The van der Waals surface area contributed by atoms with Crippen LogP contribution in [0.1, 0.15) is 12.5 Å². The number of aromatic hydroxyl groups is 1. The molecule has 0 saturated heterocycles. The minimum absolute atomic E-state index is 0.0380. The van der Waals surface area contributed by atoms with Crippen molar-refractivity contribution in [3.8, 4) is 22.7 Å². The fraction of sp³-hybridized carbons (Fsp3) is 0.105. The molecule has 3 aromatic rings. The van der Waals surface area contributed by atoms with E-state index in [0.29, 0.717) is 28.9 Å². The van der Waals surface area contributed by atoms with Gasteiger partial charge in [0.15, 0.2) is 0 Å². The second-order valence-corrected chi connectivity index (χ2v) is 5.23. The van der Waals surface area contributed by atoms with Crippen molar-refractivity contribution >= 4 is 0 Å². The average Bonchev–Trinajstić information content (AvgIpc) is 2.56. The quantitative estimate of drug-likeness (QED) is 0.797. The van der Waals surface area contributed by atoms with Crippen LogP contribution < -0.4 is 5.56 Å². The Bertz CT molecular complexity index is 884. The average molecular weight is 309 g/mol. The Morgan fingerprint density at radius 2 is 1.70 bits per heavy atom. The lowest BCUT2D eigenvalue weighted by atomic mass is 10.1. The van der Waals surface area contributed by atoms with Gasteiger partial charge in [0, 0.05) is 11.8 Å². The molecule has 0 aliphatic carbocycles. The van der Waals surface area contributed by atoms with Gasteiger partial charge in [-0.05, 0) is 48.4 Å². The normalized spacial score (nSPS) is 10.7. The molecule has 0 atom stereocenters. The molecule has 1 N–H and O–H groups in total. The Morgan fingerprint density at radius 3 is 2.30 bits per heavy atom. The molecule has 116 valence electrons. The SMILES string of the molecule is CCc1c(O)cc(-c2ccc(F)cc2)n(-c2ccccc2)c1=O. The van der Waals surface area contributed by atoms with E-state index in [9.17, 15) is 14.3 Å². The number of benzene rings is 2. The lowest BCUT2D eigenvalue weighted by molar-refractivity contribution is 0.466. The van der Waals surface area contributed by atoms with Gasteiger partial charge in [0.25, 0.3) is 5.56 Å². The summed E-state index contributed by atoms with van der Waals surface area (Å²) in [5.41, 5.74) is 1.98. The Kier molecular flexibility index (Phi) is 3.98. The standard InChI is InChI=1S/C19H16FNO2/c1-2-16-18(22)12-17(13-8-10-14(20)11-9-13)21(19(16)23)15-6-4-3-5-7-15/h3-12,22H,2H2,1H3. The molecule has 0 unspecified atom stereocenters. The molecule has 0 bridgehead atoms. The van der Waals surface area contributed by atoms with Gasteiger partial charge in [0.1, 0.15) is 11.6 Å². The molecule has 0 fully saturated rings. The summed E-state index contributed by atoms with van der Waals surface area (Å²) in [5.74, 6) is -0.388. The minimum Gasteiger partial charge on any atom is -0.507 e. The summed E-state index contributed by atoms with van der Waals surface area (Å²) >= 11 is 0. The van der Waals surface area contributed by atoms with E-state index in [4.69, 9.17) is 0 Å². The molecule has 0 amide bonds. The van der Waals surface area contributed by atoms with E-state index in [0.717, 1.165) is 0 Å². The van der Waals surface area contributed by atoms with Crippen LogP contribution in [0.5, 0.6) is 5.75 Å². The van der Waals surface area contributed by atoms with Crippen LogP contribution in [0.3, 0.4) is 0 Å². The molecule has 0 aliphatic heterocycles. The highest BCUT2D eigenvalue weighted by Gasteiger charge is 2.15. The second-order valence-electron chi connectivity index (χ2n) is 5.23. The molecular weight excluding hydrogens is 293 g/mol. The first kappa shape index (κ1) is 15.0. The van der Waals surface area contributed by atoms with E-state index in [1.165, 1.54) is 12.1 Å². The van der Waals surface area contributed by atoms with E-state index in [1.807, 2.05) is 37.3 Å². The molecule has 3 nitrogen and oxygen atoms in total. The zero-order chi connectivity index (χ0) is 16.4. The molecular formula is C19H16FNO2. The lowest BCUT2D eigenvalue weighted by Gasteiger charge is -2.16. The Labute approximate surface area is 133 Å². The number of hydrogen-bond acceptors (Lipinski definition) is 2. The van der Waals surface area contributed by atoms with E-state index in [1.54, 1.807) is 22.8 Å². The van der Waals surface area contributed by atoms with Crippen molar-refractivity contribution in [1.82, 2.24) is 4.57 Å². The van der Waals surface area contributed by atoms with Gasteiger partial charge in [-0.2, -0.15) is 0 Å². The predicted octanol–water partition coefficient (Wildman–Crippen LogP) is 3.91. The van der Waals surface area contributed by atoms with Crippen molar-refractivity contribution in [3.05, 3.63) is 82.4 Å². The Morgan fingerprint density at radius 1 is 1.04 bits per heavy atom. The maximum Gasteiger partial charge on any atom is 0.262 e. The summed E-state index contributed by atoms with van der Waals surface area (Å²) < 4.78 is 14.7. The predicted molar refractivity (Wildman–Crippen MR) is 88.5 cm³/mol. The molecule has 0 spiro atoms.